The maximum absolute atomic E-state index is 13.1. The monoisotopic (exact) mass is 302 g/mol. The Bertz CT molecular complexity index is 616. The molecule has 0 aliphatic carbocycles. The number of thiazole rings is 1. The third-order valence-corrected chi connectivity index (χ3v) is 3.27. The van der Waals surface area contributed by atoms with E-state index in [4.69, 9.17) is 11.6 Å². The number of hydrogen-bond donors (Lipinski definition) is 1. The molecule has 19 heavy (non-hydrogen) atoms. The molecule has 0 saturated heterocycles. The number of hydrogen-bond acceptors (Lipinski definition) is 3. The molecule has 0 aliphatic rings. The normalized spacial score (nSPS) is 12.2. The molecule has 2 rings (SSSR count). The Morgan fingerprint density at radius 3 is 2.79 bits per heavy atom. The van der Waals surface area contributed by atoms with Crippen LogP contribution in [0.4, 0.5) is 13.9 Å². The van der Waals surface area contributed by atoms with Crippen LogP contribution in [0.2, 0.25) is 0 Å². The molecular weight excluding hydrogens is 294 g/mol. The molecule has 1 unspecified atom stereocenters. The lowest BCUT2D eigenvalue weighted by Crippen LogP contribution is -2.20. The molecule has 1 amide bonds. The van der Waals surface area contributed by atoms with E-state index in [1.54, 1.807) is 12.3 Å². The first kappa shape index (κ1) is 13.9. The van der Waals surface area contributed by atoms with Gasteiger partial charge in [0.05, 0.1) is 5.69 Å². The lowest BCUT2D eigenvalue weighted by atomic mass is 10.2. The minimum absolute atomic E-state index is 0.359. The molecule has 1 heterocycles. The van der Waals surface area contributed by atoms with Crippen LogP contribution in [0.5, 0.6) is 0 Å². The summed E-state index contributed by atoms with van der Waals surface area (Å²) in [5, 5.41) is 3.85. The maximum atomic E-state index is 13.1. The van der Waals surface area contributed by atoms with E-state index in [1.807, 2.05) is 0 Å². The number of halogens is 3. The summed E-state index contributed by atoms with van der Waals surface area (Å²) < 4.78 is 25.9. The highest BCUT2D eigenvalue weighted by Gasteiger charge is 2.13. The molecule has 0 spiro atoms. The fourth-order valence-electron chi connectivity index (χ4n) is 1.32. The predicted octanol–water partition coefficient (Wildman–Crippen LogP) is 3.65. The Kier molecular flexibility index (Phi) is 4.11. The Morgan fingerprint density at radius 2 is 2.16 bits per heavy atom. The second kappa shape index (κ2) is 5.63. The van der Waals surface area contributed by atoms with Gasteiger partial charge >= 0.3 is 0 Å². The van der Waals surface area contributed by atoms with Gasteiger partial charge in [0.15, 0.2) is 16.8 Å². The Hall–Kier alpha value is -1.53. The van der Waals surface area contributed by atoms with Crippen LogP contribution in [0.25, 0.3) is 11.3 Å². The fraction of sp³-hybridized carbons (Fsp3) is 0.167. The van der Waals surface area contributed by atoms with Crippen LogP contribution in [-0.2, 0) is 4.79 Å². The number of nitrogens with one attached hydrogen (secondary N) is 1. The number of amides is 1. The first-order valence-electron chi connectivity index (χ1n) is 5.33. The van der Waals surface area contributed by atoms with Crippen LogP contribution in [0.15, 0.2) is 23.6 Å². The Labute approximate surface area is 117 Å². The van der Waals surface area contributed by atoms with E-state index in [0.717, 1.165) is 12.1 Å². The average molecular weight is 303 g/mol. The fourth-order valence-corrected chi connectivity index (χ4v) is 2.10. The largest absolute Gasteiger partial charge is 0.301 e. The van der Waals surface area contributed by atoms with Gasteiger partial charge in [-0.3, -0.25) is 4.79 Å². The van der Waals surface area contributed by atoms with Crippen molar-refractivity contribution in [3.8, 4) is 11.3 Å². The summed E-state index contributed by atoms with van der Waals surface area (Å²) in [6.45, 7) is 1.54. The molecule has 1 aromatic carbocycles. The Morgan fingerprint density at radius 1 is 1.42 bits per heavy atom. The van der Waals surface area contributed by atoms with Crippen molar-refractivity contribution in [3.05, 3.63) is 35.2 Å². The van der Waals surface area contributed by atoms with Crippen LogP contribution >= 0.6 is 22.9 Å². The first-order chi connectivity index (χ1) is 8.97. The smallest absolute Gasteiger partial charge is 0.243 e. The van der Waals surface area contributed by atoms with Crippen LogP contribution < -0.4 is 5.32 Å². The van der Waals surface area contributed by atoms with Crippen molar-refractivity contribution in [2.45, 2.75) is 12.3 Å². The molecule has 0 saturated carbocycles. The lowest BCUT2D eigenvalue weighted by Gasteiger charge is -2.02. The molecule has 0 fully saturated rings. The summed E-state index contributed by atoms with van der Waals surface area (Å²) >= 11 is 6.80. The van der Waals surface area contributed by atoms with Gasteiger partial charge in [-0.05, 0) is 25.1 Å². The highest BCUT2D eigenvalue weighted by Crippen LogP contribution is 2.26. The quantitative estimate of drug-likeness (QED) is 0.879. The van der Waals surface area contributed by atoms with Crippen molar-refractivity contribution in [1.29, 1.82) is 0 Å². The van der Waals surface area contributed by atoms with E-state index >= 15 is 0 Å². The molecule has 1 atom stereocenters. The lowest BCUT2D eigenvalue weighted by molar-refractivity contribution is -0.115. The molecule has 0 radical (unpaired) electrons. The molecule has 3 nitrogen and oxygen atoms in total. The average Bonchev–Trinajstić information content (AvgIpc) is 2.81. The van der Waals surface area contributed by atoms with Gasteiger partial charge in [0.1, 0.15) is 5.38 Å². The highest BCUT2D eigenvalue weighted by atomic mass is 35.5. The van der Waals surface area contributed by atoms with Gasteiger partial charge in [0.2, 0.25) is 5.91 Å². The number of benzene rings is 1. The number of alkyl halides is 1. The van der Waals surface area contributed by atoms with Crippen molar-refractivity contribution in [2.75, 3.05) is 5.32 Å². The maximum Gasteiger partial charge on any atom is 0.243 e. The minimum atomic E-state index is -0.939. The van der Waals surface area contributed by atoms with Crippen molar-refractivity contribution in [1.82, 2.24) is 4.98 Å². The molecular formula is C12H9ClF2N2OS. The second-order valence-corrected chi connectivity index (χ2v) is 5.28. The number of carbonyl (C=O) groups is 1. The van der Waals surface area contributed by atoms with Crippen LogP contribution in [0, 0.1) is 11.6 Å². The standard InChI is InChI=1S/C12H9ClF2N2OS/c1-6(13)11(18)17-12-16-10(5-19-12)7-2-3-8(14)9(15)4-7/h2-6H,1H3,(H,16,17,18). The van der Waals surface area contributed by atoms with Crippen LogP contribution in [0.3, 0.4) is 0 Å². The van der Waals surface area contributed by atoms with Gasteiger partial charge in [0, 0.05) is 10.9 Å². The third kappa shape index (κ3) is 3.27. The van der Waals surface area contributed by atoms with E-state index in [0.29, 0.717) is 16.4 Å². The number of aromatic nitrogens is 1. The van der Waals surface area contributed by atoms with Gasteiger partial charge in [-0.2, -0.15) is 0 Å². The van der Waals surface area contributed by atoms with Crippen LogP contribution in [0.1, 0.15) is 6.92 Å². The first-order valence-corrected chi connectivity index (χ1v) is 6.65. The van der Waals surface area contributed by atoms with E-state index < -0.39 is 17.0 Å². The number of anilines is 1. The minimum Gasteiger partial charge on any atom is -0.301 e. The number of rotatable bonds is 3. The highest BCUT2D eigenvalue weighted by molar-refractivity contribution is 7.14. The van der Waals surface area contributed by atoms with E-state index in [9.17, 15) is 13.6 Å². The summed E-state index contributed by atoms with van der Waals surface area (Å²) in [5.74, 6) is -2.22. The zero-order valence-electron chi connectivity index (χ0n) is 9.78. The van der Waals surface area contributed by atoms with Crippen molar-refractivity contribution >= 4 is 34.0 Å². The number of carbonyl (C=O) groups excluding carboxylic acids is 1. The molecule has 7 heteroatoms. The predicted molar refractivity (Wildman–Crippen MR) is 71.4 cm³/mol. The van der Waals surface area contributed by atoms with Crippen molar-refractivity contribution in [2.24, 2.45) is 0 Å². The molecule has 1 N–H and O–H groups in total. The summed E-state index contributed by atoms with van der Waals surface area (Å²) in [6.07, 6.45) is 0. The summed E-state index contributed by atoms with van der Waals surface area (Å²) in [5.41, 5.74) is 0.899. The van der Waals surface area contributed by atoms with Gasteiger partial charge in [-0.25, -0.2) is 13.8 Å². The van der Waals surface area contributed by atoms with Gasteiger partial charge in [-0.1, -0.05) is 0 Å². The SMILES string of the molecule is CC(Cl)C(=O)Nc1nc(-c2ccc(F)c(F)c2)cs1. The summed E-state index contributed by atoms with van der Waals surface area (Å²) in [6, 6.07) is 3.51. The molecule has 100 valence electrons. The van der Waals surface area contributed by atoms with Gasteiger partial charge in [0.25, 0.3) is 0 Å². The van der Waals surface area contributed by atoms with Crippen molar-refractivity contribution in [3.63, 3.8) is 0 Å². The third-order valence-electron chi connectivity index (χ3n) is 2.31. The van der Waals surface area contributed by atoms with E-state index in [1.165, 1.54) is 17.4 Å². The van der Waals surface area contributed by atoms with E-state index in [2.05, 4.69) is 10.3 Å². The Balaban J connectivity index is 2.21. The molecule has 0 aliphatic heterocycles. The summed E-state index contributed by atoms with van der Waals surface area (Å²) in [4.78, 5) is 15.5. The van der Waals surface area contributed by atoms with Crippen LogP contribution in [-0.4, -0.2) is 16.3 Å². The molecule has 2 aromatic rings. The van der Waals surface area contributed by atoms with E-state index in [-0.39, 0.29) is 5.91 Å². The zero-order chi connectivity index (χ0) is 14.0. The van der Waals surface area contributed by atoms with Gasteiger partial charge < -0.3 is 5.32 Å². The number of nitrogens with zero attached hydrogens (tertiary/aromatic N) is 1. The molecule has 0 bridgehead atoms. The molecule has 1 aromatic heterocycles. The second-order valence-electron chi connectivity index (χ2n) is 3.77. The topological polar surface area (TPSA) is 42.0 Å². The van der Waals surface area contributed by atoms with Gasteiger partial charge in [-0.15, -0.1) is 22.9 Å². The zero-order valence-corrected chi connectivity index (χ0v) is 11.4. The van der Waals surface area contributed by atoms with Crippen molar-refractivity contribution < 1.29 is 13.6 Å². The summed E-state index contributed by atoms with van der Waals surface area (Å²) in [7, 11) is 0.